The molecule has 0 spiro atoms. The number of benzene rings is 1. The van der Waals surface area contributed by atoms with Crippen LogP contribution < -0.4 is 27.0 Å². The van der Waals surface area contributed by atoms with Gasteiger partial charge in [0.15, 0.2) is 0 Å². The number of carbonyl (C=O) groups excluding carboxylic acids is 3. The number of amides is 3. The number of hydrogen-bond acceptors (Lipinski definition) is 7. The van der Waals surface area contributed by atoms with Gasteiger partial charge in [-0.15, -0.1) is 11.8 Å². The summed E-state index contributed by atoms with van der Waals surface area (Å²) >= 11 is 1.65. The molecule has 40 heavy (non-hydrogen) atoms. The minimum absolute atomic E-state index is 0.0910. The molecule has 1 fully saturated rings. The van der Waals surface area contributed by atoms with Crippen molar-refractivity contribution in [2.24, 2.45) is 5.73 Å². The lowest BCUT2D eigenvalue weighted by molar-refractivity contribution is -0.132. The Morgan fingerprint density at radius 1 is 1.12 bits per heavy atom. The molecule has 1 aliphatic heterocycles. The van der Waals surface area contributed by atoms with E-state index in [0.29, 0.717) is 25.1 Å². The average molecular weight is 577 g/mol. The number of carbonyl (C=O) groups is 3. The first kappa shape index (κ1) is 34.1. The van der Waals surface area contributed by atoms with E-state index in [-0.39, 0.29) is 30.3 Å². The van der Waals surface area contributed by atoms with Crippen LogP contribution in [0.5, 0.6) is 0 Å². The predicted molar refractivity (Wildman–Crippen MR) is 164 cm³/mol. The summed E-state index contributed by atoms with van der Waals surface area (Å²) in [7, 11) is 1.69. The first-order valence-corrected chi connectivity index (χ1v) is 15.6. The number of thioether (sulfide) groups is 1. The maximum absolute atomic E-state index is 13.9. The average Bonchev–Trinajstić information content (AvgIpc) is 3.27. The summed E-state index contributed by atoms with van der Waals surface area (Å²) in [5.74, 6) is -0.0901. The third-order valence-corrected chi connectivity index (χ3v) is 8.42. The highest BCUT2D eigenvalue weighted by Gasteiger charge is 2.40. The van der Waals surface area contributed by atoms with Gasteiger partial charge in [-0.25, -0.2) is 0 Å². The maximum atomic E-state index is 13.9. The molecule has 1 aromatic carbocycles. The van der Waals surface area contributed by atoms with Gasteiger partial charge in [-0.05, 0) is 105 Å². The molecule has 0 bridgehead atoms. The molecule has 226 valence electrons. The zero-order chi connectivity index (χ0) is 29.9. The first-order chi connectivity index (χ1) is 18.9. The van der Waals surface area contributed by atoms with E-state index in [1.165, 1.54) is 11.1 Å². The van der Waals surface area contributed by atoms with Gasteiger partial charge in [0, 0.05) is 22.2 Å². The number of likely N-dealkylation sites (N-methyl/N-ethyl adjacent to an activating group) is 1. The van der Waals surface area contributed by atoms with Gasteiger partial charge in [-0.1, -0.05) is 17.7 Å². The Bertz CT molecular complexity index is 983. The standard InChI is InChI=1S/C30H52N6O3S/c1-20-13-14-25(21(2)17-20)40-19-24(27(29(39)35-30(4,5)6)36-16-10-11-22(36)3)34-28(38)23(12-8-9-15-31)33-26(37)18-32-7/h13-14,17,22-24,27,32H,8-12,15-16,18-19,31H2,1-7H3,(H,33,37)(H,34,38)(H,35,39). The second-order valence-corrected chi connectivity index (χ2v) is 13.1. The van der Waals surface area contributed by atoms with Gasteiger partial charge in [-0.2, -0.15) is 0 Å². The Labute approximate surface area is 245 Å². The number of hydrogen-bond donors (Lipinski definition) is 5. The third kappa shape index (κ3) is 11.0. The fraction of sp³-hybridized carbons (Fsp3) is 0.700. The molecule has 6 N–H and O–H groups in total. The normalized spacial score (nSPS) is 18.1. The Morgan fingerprint density at radius 3 is 2.42 bits per heavy atom. The summed E-state index contributed by atoms with van der Waals surface area (Å²) in [6.07, 6.45) is 3.97. The van der Waals surface area contributed by atoms with Gasteiger partial charge in [0.1, 0.15) is 12.1 Å². The van der Waals surface area contributed by atoms with Crippen molar-refractivity contribution in [2.45, 2.75) is 108 Å². The SMILES string of the molecule is CNCC(=O)NC(CCCCN)C(=O)NC(CSc1ccc(C)cc1C)C(C(=O)NC(C)(C)C)N1CCCC1C. The summed E-state index contributed by atoms with van der Waals surface area (Å²) in [5, 5.41) is 12.1. The van der Waals surface area contributed by atoms with Crippen molar-refractivity contribution in [3.63, 3.8) is 0 Å². The van der Waals surface area contributed by atoms with Crippen molar-refractivity contribution in [1.82, 2.24) is 26.2 Å². The number of rotatable bonds is 15. The Kier molecular flexibility index (Phi) is 13.9. The van der Waals surface area contributed by atoms with Crippen LogP contribution in [0.1, 0.15) is 70.9 Å². The maximum Gasteiger partial charge on any atom is 0.242 e. The molecule has 1 heterocycles. The number of nitrogens with two attached hydrogens (primary N) is 1. The molecule has 0 saturated carbocycles. The zero-order valence-corrected chi connectivity index (χ0v) is 26.4. The Morgan fingerprint density at radius 2 is 1.85 bits per heavy atom. The summed E-state index contributed by atoms with van der Waals surface area (Å²) < 4.78 is 0. The first-order valence-electron chi connectivity index (χ1n) is 14.6. The molecule has 2 rings (SSSR count). The molecule has 10 heteroatoms. The Hall–Kier alpha value is -2.14. The fourth-order valence-electron chi connectivity index (χ4n) is 5.18. The smallest absolute Gasteiger partial charge is 0.242 e. The van der Waals surface area contributed by atoms with E-state index in [0.717, 1.165) is 30.7 Å². The topological polar surface area (TPSA) is 129 Å². The van der Waals surface area contributed by atoms with Gasteiger partial charge in [0.2, 0.25) is 17.7 Å². The predicted octanol–water partition coefficient (Wildman–Crippen LogP) is 2.48. The monoisotopic (exact) mass is 576 g/mol. The molecule has 4 unspecified atom stereocenters. The highest BCUT2D eigenvalue weighted by atomic mass is 32.2. The second-order valence-electron chi connectivity index (χ2n) is 12.0. The highest BCUT2D eigenvalue weighted by molar-refractivity contribution is 7.99. The molecular formula is C30H52N6O3S. The summed E-state index contributed by atoms with van der Waals surface area (Å²) in [5.41, 5.74) is 7.63. The van der Waals surface area contributed by atoms with Crippen molar-refractivity contribution in [3.8, 4) is 0 Å². The second kappa shape index (κ2) is 16.3. The van der Waals surface area contributed by atoms with Crippen LogP contribution in [0.4, 0.5) is 0 Å². The highest BCUT2D eigenvalue weighted by Crippen LogP contribution is 2.28. The van der Waals surface area contributed by atoms with Crippen molar-refractivity contribution in [1.29, 1.82) is 0 Å². The summed E-state index contributed by atoms with van der Waals surface area (Å²) in [6, 6.07) is 4.83. The van der Waals surface area contributed by atoms with E-state index in [1.54, 1.807) is 18.8 Å². The van der Waals surface area contributed by atoms with Crippen molar-refractivity contribution >= 4 is 29.5 Å². The van der Waals surface area contributed by atoms with E-state index in [9.17, 15) is 14.4 Å². The number of unbranched alkanes of at least 4 members (excludes halogenated alkanes) is 1. The minimum atomic E-state index is -0.705. The molecule has 1 aliphatic rings. The number of nitrogens with zero attached hydrogens (tertiary/aromatic N) is 1. The van der Waals surface area contributed by atoms with Gasteiger partial charge in [-0.3, -0.25) is 19.3 Å². The van der Waals surface area contributed by atoms with E-state index in [1.807, 2.05) is 20.8 Å². The lowest BCUT2D eigenvalue weighted by atomic mass is 10.0. The molecular weight excluding hydrogens is 524 g/mol. The van der Waals surface area contributed by atoms with Crippen molar-refractivity contribution in [2.75, 3.05) is 32.4 Å². The number of likely N-dealkylation sites (tertiary alicyclic amines) is 1. The van der Waals surface area contributed by atoms with Gasteiger partial charge in [0.05, 0.1) is 12.6 Å². The molecule has 3 amide bonds. The van der Waals surface area contributed by atoms with Crippen LogP contribution in [-0.2, 0) is 14.4 Å². The molecule has 1 aromatic rings. The zero-order valence-electron chi connectivity index (χ0n) is 25.6. The summed E-state index contributed by atoms with van der Waals surface area (Å²) in [6.45, 7) is 13.6. The largest absolute Gasteiger partial charge is 0.350 e. The van der Waals surface area contributed by atoms with Gasteiger partial charge < -0.3 is 27.0 Å². The van der Waals surface area contributed by atoms with Gasteiger partial charge >= 0.3 is 0 Å². The van der Waals surface area contributed by atoms with E-state index < -0.39 is 23.7 Å². The molecule has 9 nitrogen and oxygen atoms in total. The quantitative estimate of drug-likeness (QED) is 0.160. The van der Waals surface area contributed by atoms with Crippen LogP contribution in [0.25, 0.3) is 0 Å². The molecule has 1 saturated heterocycles. The Balaban J connectivity index is 2.41. The number of aryl methyl sites for hydroxylation is 2. The van der Waals surface area contributed by atoms with Crippen LogP contribution >= 0.6 is 11.8 Å². The van der Waals surface area contributed by atoms with Crippen LogP contribution in [0.3, 0.4) is 0 Å². The van der Waals surface area contributed by atoms with E-state index >= 15 is 0 Å². The van der Waals surface area contributed by atoms with Crippen LogP contribution in [0.2, 0.25) is 0 Å². The van der Waals surface area contributed by atoms with Crippen molar-refractivity contribution < 1.29 is 14.4 Å². The third-order valence-electron chi connectivity index (χ3n) is 7.12. The number of nitrogens with one attached hydrogen (secondary N) is 4. The van der Waals surface area contributed by atoms with Crippen LogP contribution in [0.15, 0.2) is 23.1 Å². The lowest BCUT2D eigenvalue weighted by Crippen LogP contribution is -2.64. The van der Waals surface area contributed by atoms with Crippen LogP contribution in [-0.4, -0.2) is 84.8 Å². The minimum Gasteiger partial charge on any atom is -0.350 e. The molecule has 0 radical (unpaired) electrons. The molecule has 4 atom stereocenters. The van der Waals surface area contributed by atoms with E-state index in [4.69, 9.17) is 5.73 Å². The lowest BCUT2D eigenvalue weighted by Gasteiger charge is -2.38. The van der Waals surface area contributed by atoms with Crippen molar-refractivity contribution in [3.05, 3.63) is 29.3 Å². The summed E-state index contributed by atoms with van der Waals surface area (Å²) in [4.78, 5) is 43.5. The molecule has 0 aromatic heterocycles. The molecule has 0 aliphatic carbocycles. The van der Waals surface area contributed by atoms with Crippen LogP contribution in [0, 0.1) is 13.8 Å². The fourth-order valence-corrected chi connectivity index (χ4v) is 6.26. The van der Waals surface area contributed by atoms with Gasteiger partial charge in [0.25, 0.3) is 0 Å². The van der Waals surface area contributed by atoms with E-state index in [2.05, 4.69) is 65.1 Å².